The highest BCUT2D eigenvalue weighted by Crippen LogP contribution is 2.35. The number of rotatable bonds is 5. The first-order valence-electron chi connectivity index (χ1n) is 12.0. The summed E-state index contributed by atoms with van der Waals surface area (Å²) in [4.78, 5) is 54.4. The largest absolute Gasteiger partial charge is 0.327 e. The Bertz CT molecular complexity index is 870. The van der Waals surface area contributed by atoms with E-state index in [1.165, 1.54) is 11.8 Å². The van der Waals surface area contributed by atoms with Crippen LogP contribution in [0.1, 0.15) is 77.6 Å². The maximum atomic E-state index is 13.6. The Morgan fingerprint density at radius 1 is 0.906 bits per heavy atom. The number of nitrogens with zero attached hydrogens (tertiary/aromatic N) is 2. The summed E-state index contributed by atoms with van der Waals surface area (Å²) >= 11 is 0. The second-order valence-corrected chi connectivity index (χ2v) is 9.39. The zero-order valence-electron chi connectivity index (χ0n) is 18.8. The highest BCUT2D eigenvalue weighted by Gasteiger charge is 2.47. The molecule has 172 valence electrons. The number of hydrogen-bond acceptors (Lipinski definition) is 4. The van der Waals surface area contributed by atoms with E-state index in [1.54, 1.807) is 24.3 Å². The maximum Gasteiger partial charge on any atom is 0.257 e. The van der Waals surface area contributed by atoms with Crippen molar-refractivity contribution in [2.45, 2.75) is 89.6 Å². The summed E-state index contributed by atoms with van der Waals surface area (Å²) < 4.78 is 0. The van der Waals surface area contributed by atoms with Gasteiger partial charge in [0.25, 0.3) is 5.91 Å². The van der Waals surface area contributed by atoms with Crippen LogP contribution >= 0.6 is 0 Å². The molecule has 4 rings (SSSR count). The van der Waals surface area contributed by atoms with Gasteiger partial charge in [0.2, 0.25) is 17.7 Å². The minimum atomic E-state index is -0.713. The van der Waals surface area contributed by atoms with Gasteiger partial charge in [0.05, 0.1) is 12.1 Å². The molecule has 1 atom stereocenters. The lowest BCUT2D eigenvalue weighted by Gasteiger charge is -2.40. The molecule has 0 radical (unpaired) electrons. The van der Waals surface area contributed by atoms with E-state index in [2.05, 4.69) is 5.32 Å². The molecule has 3 aliphatic rings. The minimum Gasteiger partial charge on any atom is -0.327 e. The normalized spacial score (nSPS) is 22.8. The zero-order valence-corrected chi connectivity index (χ0v) is 18.8. The first-order chi connectivity index (χ1) is 15.5. The molecular weight excluding hydrogens is 406 g/mol. The second kappa shape index (κ2) is 9.84. The monoisotopic (exact) mass is 439 g/mol. The minimum absolute atomic E-state index is 0.0282. The van der Waals surface area contributed by atoms with Crippen LogP contribution in [0.2, 0.25) is 0 Å². The van der Waals surface area contributed by atoms with Gasteiger partial charge in [-0.3, -0.25) is 19.2 Å². The van der Waals surface area contributed by atoms with Crippen LogP contribution in [-0.4, -0.2) is 40.6 Å². The van der Waals surface area contributed by atoms with Crippen molar-refractivity contribution in [3.8, 4) is 0 Å². The third-order valence-electron chi connectivity index (χ3n) is 7.08. The molecule has 0 spiro atoms. The highest BCUT2D eigenvalue weighted by molar-refractivity contribution is 6.23. The van der Waals surface area contributed by atoms with Gasteiger partial charge in [0.15, 0.2) is 0 Å². The SMILES string of the molecule is CC(=O)Nc1ccc(N2C(=O)CC(N(C(=O)C3CCCCC3)C3CCCCC3)C2=O)cc1. The van der Waals surface area contributed by atoms with Crippen molar-refractivity contribution in [1.82, 2.24) is 4.90 Å². The van der Waals surface area contributed by atoms with Crippen molar-refractivity contribution in [3.05, 3.63) is 24.3 Å². The van der Waals surface area contributed by atoms with E-state index >= 15 is 0 Å². The van der Waals surface area contributed by atoms with Gasteiger partial charge < -0.3 is 10.2 Å². The van der Waals surface area contributed by atoms with Crippen LogP contribution in [0.5, 0.6) is 0 Å². The van der Waals surface area contributed by atoms with E-state index in [1.807, 2.05) is 4.90 Å². The van der Waals surface area contributed by atoms with Gasteiger partial charge in [-0.2, -0.15) is 0 Å². The quantitative estimate of drug-likeness (QED) is 0.702. The fraction of sp³-hybridized carbons (Fsp3) is 0.600. The predicted molar refractivity (Wildman–Crippen MR) is 122 cm³/mol. The van der Waals surface area contributed by atoms with Gasteiger partial charge in [-0.1, -0.05) is 38.5 Å². The molecule has 7 heteroatoms. The molecular formula is C25H33N3O4. The van der Waals surface area contributed by atoms with E-state index in [0.29, 0.717) is 11.4 Å². The van der Waals surface area contributed by atoms with E-state index in [0.717, 1.165) is 64.2 Å². The molecule has 1 heterocycles. The number of hydrogen-bond donors (Lipinski definition) is 1. The molecule has 32 heavy (non-hydrogen) atoms. The predicted octanol–water partition coefficient (Wildman–Crippen LogP) is 4.02. The van der Waals surface area contributed by atoms with Crippen molar-refractivity contribution >= 4 is 35.0 Å². The molecule has 2 saturated carbocycles. The van der Waals surface area contributed by atoms with Gasteiger partial charge in [-0.15, -0.1) is 0 Å². The third kappa shape index (κ3) is 4.71. The molecule has 1 N–H and O–H groups in total. The van der Waals surface area contributed by atoms with Crippen LogP contribution in [0.3, 0.4) is 0 Å². The van der Waals surface area contributed by atoms with Crippen molar-refractivity contribution < 1.29 is 19.2 Å². The average Bonchev–Trinajstić information content (AvgIpc) is 3.09. The third-order valence-corrected chi connectivity index (χ3v) is 7.08. The molecule has 2 aliphatic carbocycles. The standard InChI is InChI=1S/C25H33N3O4/c1-17(29)26-19-12-14-21(15-13-19)28-23(30)16-22(25(28)32)27(20-10-6-3-7-11-20)24(31)18-8-4-2-5-9-18/h12-15,18,20,22H,2-11,16H2,1H3,(H,26,29). The van der Waals surface area contributed by atoms with E-state index < -0.39 is 6.04 Å². The number of imide groups is 1. The molecule has 1 aliphatic heterocycles. The van der Waals surface area contributed by atoms with Crippen LogP contribution in [0.15, 0.2) is 24.3 Å². The molecule has 1 unspecified atom stereocenters. The summed E-state index contributed by atoms with van der Waals surface area (Å²) in [5.41, 5.74) is 1.08. The Kier molecular flexibility index (Phi) is 6.92. The van der Waals surface area contributed by atoms with Gasteiger partial charge in [0.1, 0.15) is 6.04 Å². The lowest BCUT2D eigenvalue weighted by Crippen LogP contribution is -2.53. The Morgan fingerprint density at radius 3 is 2.09 bits per heavy atom. The van der Waals surface area contributed by atoms with Gasteiger partial charge in [-0.05, 0) is 49.9 Å². The molecule has 1 saturated heterocycles. The van der Waals surface area contributed by atoms with Crippen LogP contribution in [0.4, 0.5) is 11.4 Å². The lowest BCUT2D eigenvalue weighted by atomic mass is 9.86. The van der Waals surface area contributed by atoms with Crippen LogP contribution < -0.4 is 10.2 Å². The highest BCUT2D eigenvalue weighted by atomic mass is 16.2. The molecule has 4 amide bonds. The lowest BCUT2D eigenvalue weighted by molar-refractivity contribution is -0.146. The smallest absolute Gasteiger partial charge is 0.257 e. The van der Waals surface area contributed by atoms with Gasteiger partial charge in [0, 0.05) is 24.6 Å². The average molecular weight is 440 g/mol. The Balaban J connectivity index is 1.57. The summed E-state index contributed by atoms with van der Waals surface area (Å²) in [5, 5.41) is 2.69. The van der Waals surface area contributed by atoms with Crippen LogP contribution in [0, 0.1) is 5.92 Å². The Morgan fingerprint density at radius 2 is 1.50 bits per heavy atom. The molecule has 1 aromatic carbocycles. The maximum absolute atomic E-state index is 13.6. The molecule has 0 aromatic heterocycles. The summed E-state index contributed by atoms with van der Waals surface area (Å²) in [6, 6.07) is 6.01. The Hall–Kier alpha value is -2.70. The van der Waals surface area contributed by atoms with E-state index in [4.69, 9.17) is 0 Å². The van der Waals surface area contributed by atoms with Crippen molar-refractivity contribution in [2.75, 3.05) is 10.2 Å². The van der Waals surface area contributed by atoms with E-state index in [-0.39, 0.29) is 42.0 Å². The molecule has 7 nitrogen and oxygen atoms in total. The van der Waals surface area contributed by atoms with Crippen molar-refractivity contribution in [1.29, 1.82) is 0 Å². The van der Waals surface area contributed by atoms with E-state index in [9.17, 15) is 19.2 Å². The number of benzene rings is 1. The molecule has 1 aromatic rings. The first kappa shape index (κ1) is 22.5. The summed E-state index contributed by atoms with van der Waals surface area (Å²) in [6.07, 6.45) is 10.2. The summed E-state index contributed by atoms with van der Waals surface area (Å²) in [7, 11) is 0. The van der Waals surface area contributed by atoms with Crippen molar-refractivity contribution in [2.24, 2.45) is 5.92 Å². The number of carbonyl (C=O) groups excluding carboxylic acids is 4. The molecule has 0 bridgehead atoms. The molecule has 3 fully saturated rings. The number of nitrogens with one attached hydrogen (secondary N) is 1. The topological polar surface area (TPSA) is 86.8 Å². The van der Waals surface area contributed by atoms with Gasteiger partial charge >= 0.3 is 0 Å². The van der Waals surface area contributed by atoms with Crippen LogP contribution in [-0.2, 0) is 19.2 Å². The summed E-state index contributed by atoms with van der Waals surface area (Å²) in [6.45, 7) is 1.43. The van der Waals surface area contributed by atoms with Crippen LogP contribution in [0.25, 0.3) is 0 Å². The second-order valence-electron chi connectivity index (χ2n) is 9.39. The van der Waals surface area contributed by atoms with Crippen molar-refractivity contribution in [3.63, 3.8) is 0 Å². The Labute approximate surface area is 189 Å². The number of carbonyl (C=O) groups is 4. The fourth-order valence-electron chi connectivity index (χ4n) is 5.51. The summed E-state index contributed by atoms with van der Waals surface area (Å²) in [5.74, 6) is -0.720. The zero-order chi connectivity index (χ0) is 22.7. The number of amides is 4. The van der Waals surface area contributed by atoms with Gasteiger partial charge in [-0.25, -0.2) is 4.90 Å². The number of anilines is 2. The fourth-order valence-corrected chi connectivity index (χ4v) is 5.51. The first-order valence-corrected chi connectivity index (χ1v) is 12.0.